The summed E-state index contributed by atoms with van der Waals surface area (Å²) in [7, 11) is 3.44. The first-order chi connectivity index (χ1) is 8.26. The lowest BCUT2D eigenvalue weighted by molar-refractivity contribution is 0.331. The van der Waals surface area contributed by atoms with Gasteiger partial charge in [0.05, 0.1) is 14.2 Å². The summed E-state index contributed by atoms with van der Waals surface area (Å²) in [6.45, 7) is 4.44. The minimum atomic E-state index is 0.557. The molecule has 1 fully saturated rings. The van der Waals surface area contributed by atoms with Crippen LogP contribution in [0.5, 0.6) is 11.5 Å². The van der Waals surface area contributed by atoms with Crippen LogP contribution in [0.15, 0.2) is 18.2 Å². The van der Waals surface area contributed by atoms with Crippen molar-refractivity contribution < 1.29 is 9.47 Å². The van der Waals surface area contributed by atoms with Crippen molar-refractivity contribution in [2.45, 2.75) is 19.3 Å². The van der Waals surface area contributed by atoms with Crippen molar-refractivity contribution in [3.05, 3.63) is 23.8 Å². The topological polar surface area (TPSA) is 30.5 Å². The van der Waals surface area contributed by atoms with E-state index in [9.17, 15) is 0 Å². The largest absolute Gasteiger partial charge is 0.497 e. The van der Waals surface area contributed by atoms with E-state index in [-0.39, 0.29) is 0 Å². The van der Waals surface area contributed by atoms with Gasteiger partial charge in [-0.15, -0.1) is 0 Å². The highest BCUT2D eigenvalue weighted by molar-refractivity contribution is 5.43. The Kier molecular flexibility index (Phi) is 3.89. The number of benzene rings is 1. The maximum absolute atomic E-state index is 5.47. The second-order valence-corrected chi connectivity index (χ2v) is 4.68. The Balaban J connectivity index is 2.33. The van der Waals surface area contributed by atoms with Crippen molar-refractivity contribution in [1.29, 1.82) is 0 Å². The van der Waals surface area contributed by atoms with Crippen molar-refractivity contribution >= 4 is 0 Å². The summed E-state index contributed by atoms with van der Waals surface area (Å²) in [4.78, 5) is 0. The Bertz CT molecular complexity index is 378. The zero-order valence-corrected chi connectivity index (χ0v) is 10.8. The van der Waals surface area contributed by atoms with Gasteiger partial charge in [-0.3, -0.25) is 0 Å². The van der Waals surface area contributed by atoms with E-state index >= 15 is 0 Å². The molecule has 0 saturated carbocycles. The summed E-state index contributed by atoms with van der Waals surface area (Å²) in [5, 5.41) is 3.43. The second kappa shape index (κ2) is 5.41. The quantitative estimate of drug-likeness (QED) is 0.872. The Morgan fingerprint density at radius 2 is 2.06 bits per heavy atom. The van der Waals surface area contributed by atoms with Gasteiger partial charge in [-0.2, -0.15) is 0 Å². The fraction of sp³-hybridized carbons (Fsp3) is 0.571. The molecule has 94 valence electrons. The van der Waals surface area contributed by atoms with Gasteiger partial charge in [0.2, 0.25) is 0 Å². The summed E-state index contributed by atoms with van der Waals surface area (Å²) < 4.78 is 10.8. The van der Waals surface area contributed by atoms with Crippen molar-refractivity contribution in [2.24, 2.45) is 5.92 Å². The fourth-order valence-electron chi connectivity index (χ4n) is 2.61. The van der Waals surface area contributed by atoms with Crippen LogP contribution in [-0.4, -0.2) is 27.3 Å². The van der Waals surface area contributed by atoms with Crippen molar-refractivity contribution in [3.8, 4) is 11.5 Å². The normalized spacial score (nSPS) is 24.4. The molecule has 0 spiro atoms. The van der Waals surface area contributed by atoms with Gasteiger partial charge >= 0.3 is 0 Å². The first-order valence-corrected chi connectivity index (χ1v) is 6.19. The molecule has 1 N–H and O–H groups in total. The second-order valence-electron chi connectivity index (χ2n) is 4.68. The highest BCUT2D eigenvalue weighted by Crippen LogP contribution is 2.37. The van der Waals surface area contributed by atoms with Gasteiger partial charge in [0.15, 0.2) is 0 Å². The smallest absolute Gasteiger partial charge is 0.122 e. The molecule has 1 aromatic carbocycles. The van der Waals surface area contributed by atoms with E-state index in [1.54, 1.807) is 14.2 Å². The monoisotopic (exact) mass is 235 g/mol. The Morgan fingerprint density at radius 1 is 1.24 bits per heavy atom. The highest BCUT2D eigenvalue weighted by atomic mass is 16.5. The van der Waals surface area contributed by atoms with Gasteiger partial charge in [-0.05, 0) is 49.5 Å². The van der Waals surface area contributed by atoms with E-state index in [1.807, 2.05) is 12.1 Å². The Labute approximate surface area is 103 Å². The predicted octanol–water partition coefficient (Wildman–Crippen LogP) is 2.42. The number of ether oxygens (including phenoxy) is 2. The molecule has 3 nitrogen and oxygen atoms in total. The molecule has 1 aliphatic heterocycles. The summed E-state index contributed by atoms with van der Waals surface area (Å²) >= 11 is 0. The molecule has 3 heteroatoms. The van der Waals surface area contributed by atoms with Crippen LogP contribution in [0.4, 0.5) is 0 Å². The van der Waals surface area contributed by atoms with Crippen LogP contribution in [0.25, 0.3) is 0 Å². The number of hydrogen-bond donors (Lipinski definition) is 1. The summed E-state index contributed by atoms with van der Waals surface area (Å²) in [5.74, 6) is 3.07. The third-order valence-corrected chi connectivity index (χ3v) is 3.62. The number of hydrogen-bond acceptors (Lipinski definition) is 3. The van der Waals surface area contributed by atoms with Gasteiger partial charge < -0.3 is 14.8 Å². The summed E-state index contributed by atoms with van der Waals surface area (Å²) in [5.41, 5.74) is 1.28. The van der Waals surface area contributed by atoms with Gasteiger partial charge in [0.25, 0.3) is 0 Å². The first kappa shape index (κ1) is 12.2. The van der Waals surface area contributed by atoms with Crippen molar-refractivity contribution in [3.63, 3.8) is 0 Å². The third kappa shape index (κ3) is 2.55. The molecule has 0 aromatic heterocycles. The van der Waals surface area contributed by atoms with Crippen LogP contribution >= 0.6 is 0 Å². The lowest BCUT2D eigenvalue weighted by Gasteiger charge is -2.31. The van der Waals surface area contributed by atoms with Crippen LogP contribution in [0.3, 0.4) is 0 Å². The van der Waals surface area contributed by atoms with Crippen LogP contribution in [-0.2, 0) is 0 Å². The molecule has 1 saturated heterocycles. The van der Waals surface area contributed by atoms with E-state index in [0.29, 0.717) is 11.8 Å². The van der Waals surface area contributed by atoms with Gasteiger partial charge in [-0.1, -0.05) is 6.92 Å². The SMILES string of the molecule is COc1ccc(OC)c(C2CCNCC2C)c1. The Hall–Kier alpha value is -1.22. The molecule has 0 bridgehead atoms. The molecule has 0 radical (unpaired) electrons. The van der Waals surface area contributed by atoms with Gasteiger partial charge in [0, 0.05) is 5.56 Å². The molecular weight excluding hydrogens is 214 g/mol. The van der Waals surface area contributed by atoms with Crippen LogP contribution in [0, 0.1) is 5.92 Å². The minimum Gasteiger partial charge on any atom is -0.497 e. The number of piperidine rings is 1. The molecule has 2 unspecified atom stereocenters. The van der Waals surface area contributed by atoms with Gasteiger partial charge in [0.1, 0.15) is 11.5 Å². The van der Waals surface area contributed by atoms with Crippen molar-refractivity contribution in [1.82, 2.24) is 5.32 Å². The molecular formula is C14H21NO2. The molecule has 2 rings (SSSR count). The maximum atomic E-state index is 5.47. The number of rotatable bonds is 3. The van der Waals surface area contributed by atoms with Crippen LogP contribution in [0.1, 0.15) is 24.8 Å². The van der Waals surface area contributed by atoms with Crippen molar-refractivity contribution in [2.75, 3.05) is 27.3 Å². The fourth-order valence-corrected chi connectivity index (χ4v) is 2.61. The zero-order valence-electron chi connectivity index (χ0n) is 10.8. The van der Waals surface area contributed by atoms with Crippen LogP contribution < -0.4 is 14.8 Å². The molecule has 1 aliphatic rings. The lowest BCUT2D eigenvalue weighted by atomic mass is 9.82. The average Bonchev–Trinajstić information content (AvgIpc) is 2.38. The maximum Gasteiger partial charge on any atom is 0.122 e. The predicted molar refractivity (Wildman–Crippen MR) is 68.9 cm³/mol. The molecule has 1 heterocycles. The number of methoxy groups -OCH3 is 2. The zero-order chi connectivity index (χ0) is 12.3. The van der Waals surface area contributed by atoms with Crippen LogP contribution in [0.2, 0.25) is 0 Å². The van der Waals surface area contributed by atoms with Gasteiger partial charge in [-0.25, -0.2) is 0 Å². The highest BCUT2D eigenvalue weighted by Gasteiger charge is 2.25. The molecule has 2 atom stereocenters. The molecule has 1 aromatic rings. The minimum absolute atomic E-state index is 0.557. The standard InChI is InChI=1S/C14H21NO2/c1-10-9-15-7-6-12(10)13-8-11(16-2)4-5-14(13)17-3/h4-5,8,10,12,15H,6-7,9H2,1-3H3. The lowest BCUT2D eigenvalue weighted by Crippen LogP contribution is -2.33. The van der Waals surface area contributed by atoms with E-state index < -0.39 is 0 Å². The average molecular weight is 235 g/mol. The third-order valence-electron chi connectivity index (χ3n) is 3.62. The Morgan fingerprint density at radius 3 is 2.71 bits per heavy atom. The summed E-state index contributed by atoms with van der Waals surface area (Å²) in [6, 6.07) is 6.07. The molecule has 17 heavy (non-hydrogen) atoms. The molecule has 0 amide bonds. The van der Waals surface area contributed by atoms with E-state index in [2.05, 4.69) is 18.3 Å². The number of nitrogens with one attached hydrogen (secondary N) is 1. The first-order valence-electron chi connectivity index (χ1n) is 6.19. The summed E-state index contributed by atoms with van der Waals surface area (Å²) in [6.07, 6.45) is 1.16. The molecule has 0 aliphatic carbocycles. The van der Waals surface area contributed by atoms with E-state index in [1.165, 1.54) is 5.56 Å². The van der Waals surface area contributed by atoms with E-state index in [4.69, 9.17) is 9.47 Å². The van der Waals surface area contributed by atoms with E-state index in [0.717, 1.165) is 31.0 Å².